The van der Waals surface area contributed by atoms with Gasteiger partial charge in [-0.15, -0.1) is 0 Å². The zero-order chi connectivity index (χ0) is 18.1. The number of primary amides is 1. The van der Waals surface area contributed by atoms with Gasteiger partial charge in [0.1, 0.15) is 0 Å². The number of benzene rings is 1. The number of piperidine rings is 1. The van der Waals surface area contributed by atoms with Crippen molar-refractivity contribution in [2.75, 3.05) is 11.9 Å². The minimum Gasteiger partial charge on any atom is -0.369 e. The third-order valence-corrected chi connectivity index (χ3v) is 4.43. The van der Waals surface area contributed by atoms with Gasteiger partial charge >= 0.3 is 12.2 Å². The van der Waals surface area contributed by atoms with E-state index in [9.17, 15) is 22.8 Å². The molecular weight excluding hydrogens is 323 g/mol. The van der Waals surface area contributed by atoms with Crippen molar-refractivity contribution in [3.63, 3.8) is 0 Å². The Labute approximate surface area is 138 Å². The van der Waals surface area contributed by atoms with E-state index >= 15 is 0 Å². The second kappa shape index (κ2) is 6.70. The van der Waals surface area contributed by atoms with Crippen LogP contribution in [0.5, 0.6) is 0 Å². The maximum absolute atomic E-state index is 12.9. The zero-order valence-electron chi connectivity index (χ0n) is 13.5. The molecule has 1 saturated heterocycles. The molecule has 3 amide bonds. The molecule has 0 aliphatic carbocycles. The molecule has 24 heavy (non-hydrogen) atoms. The molecule has 0 spiro atoms. The van der Waals surface area contributed by atoms with E-state index in [-0.39, 0.29) is 23.8 Å². The number of nitrogens with one attached hydrogen (secondary N) is 1. The van der Waals surface area contributed by atoms with E-state index in [1.165, 1.54) is 24.0 Å². The minimum absolute atomic E-state index is 0.0468. The Kier molecular flexibility index (Phi) is 5.05. The highest BCUT2D eigenvalue weighted by atomic mass is 19.4. The van der Waals surface area contributed by atoms with Crippen molar-refractivity contribution < 1.29 is 22.8 Å². The molecule has 1 fully saturated rings. The molecule has 0 aromatic heterocycles. The third kappa shape index (κ3) is 3.80. The van der Waals surface area contributed by atoms with Crippen LogP contribution in [0, 0.1) is 12.8 Å². The Bertz CT molecular complexity index is 646. The number of carbonyl (C=O) groups is 2. The summed E-state index contributed by atoms with van der Waals surface area (Å²) in [6.45, 7) is 3.31. The number of hydrogen-bond acceptors (Lipinski definition) is 2. The Hall–Kier alpha value is -2.25. The summed E-state index contributed by atoms with van der Waals surface area (Å²) in [5.41, 5.74) is 4.56. The number of alkyl halides is 3. The molecule has 0 saturated carbocycles. The van der Waals surface area contributed by atoms with Gasteiger partial charge < -0.3 is 16.0 Å². The van der Waals surface area contributed by atoms with E-state index in [2.05, 4.69) is 5.32 Å². The van der Waals surface area contributed by atoms with Gasteiger partial charge in [0.05, 0.1) is 11.5 Å². The topological polar surface area (TPSA) is 75.4 Å². The van der Waals surface area contributed by atoms with Gasteiger partial charge in [-0.25, -0.2) is 4.79 Å². The Morgan fingerprint density at radius 2 is 1.96 bits per heavy atom. The normalized spacial score (nSPS) is 21.5. The molecule has 5 nitrogen and oxygen atoms in total. The molecule has 1 aliphatic heterocycles. The first kappa shape index (κ1) is 18.1. The second-order valence-corrected chi connectivity index (χ2v) is 6.08. The van der Waals surface area contributed by atoms with E-state index < -0.39 is 29.6 Å². The zero-order valence-corrected chi connectivity index (χ0v) is 13.5. The first-order valence-electron chi connectivity index (χ1n) is 7.65. The molecule has 0 radical (unpaired) electrons. The highest BCUT2D eigenvalue weighted by Gasteiger charge is 2.34. The van der Waals surface area contributed by atoms with Gasteiger partial charge in [-0.3, -0.25) is 4.79 Å². The molecule has 1 aliphatic rings. The fourth-order valence-electron chi connectivity index (χ4n) is 2.89. The van der Waals surface area contributed by atoms with Crippen LogP contribution >= 0.6 is 0 Å². The van der Waals surface area contributed by atoms with Crippen molar-refractivity contribution in [3.8, 4) is 0 Å². The average Bonchev–Trinajstić information content (AvgIpc) is 2.48. The lowest BCUT2D eigenvalue weighted by Gasteiger charge is -2.36. The lowest BCUT2D eigenvalue weighted by atomic mass is 9.93. The van der Waals surface area contributed by atoms with E-state index in [1.807, 2.05) is 6.92 Å². The fourth-order valence-corrected chi connectivity index (χ4v) is 2.89. The summed E-state index contributed by atoms with van der Waals surface area (Å²) in [7, 11) is 0. The minimum atomic E-state index is -4.49. The van der Waals surface area contributed by atoms with Crippen LogP contribution in [0.3, 0.4) is 0 Å². The van der Waals surface area contributed by atoms with Gasteiger partial charge in [0, 0.05) is 18.3 Å². The van der Waals surface area contributed by atoms with Gasteiger partial charge in [0.15, 0.2) is 0 Å². The van der Waals surface area contributed by atoms with Crippen molar-refractivity contribution >= 4 is 17.6 Å². The monoisotopic (exact) mass is 343 g/mol. The number of nitrogens with zero attached hydrogens (tertiary/aromatic N) is 1. The van der Waals surface area contributed by atoms with Crippen molar-refractivity contribution in [2.45, 2.75) is 38.9 Å². The van der Waals surface area contributed by atoms with Crippen LogP contribution in [0.2, 0.25) is 0 Å². The summed E-state index contributed by atoms with van der Waals surface area (Å²) in [5, 5.41) is 2.52. The number of hydrogen-bond donors (Lipinski definition) is 2. The van der Waals surface area contributed by atoms with Crippen LogP contribution in [-0.4, -0.2) is 29.4 Å². The van der Waals surface area contributed by atoms with Crippen LogP contribution in [0.4, 0.5) is 23.7 Å². The summed E-state index contributed by atoms with van der Waals surface area (Å²) in [4.78, 5) is 25.2. The van der Waals surface area contributed by atoms with Crippen molar-refractivity contribution in [2.24, 2.45) is 11.7 Å². The summed E-state index contributed by atoms with van der Waals surface area (Å²) in [6.07, 6.45) is -3.27. The summed E-state index contributed by atoms with van der Waals surface area (Å²) < 4.78 is 38.8. The van der Waals surface area contributed by atoms with Crippen LogP contribution in [-0.2, 0) is 11.0 Å². The van der Waals surface area contributed by atoms with E-state index in [0.717, 1.165) is 6.07 Å². The number of anilines is 1. The Morgan fingerprint density at radius 3 is 2.54 bits per heavy atom. The number of carbonyl (C=O) groups excluding carboxylic acids is 2. The third-order valence-electron chi connectivity index (χ3n) is 4.43. The van der Waals surface area contributed by atoms with Gasteiger partial charge in [0.2, 0.25) is 5.91 Å². The van der Waals surface area contributed by atoms with Crippen LogP contribution in [0.1, 0.15) is 30.9 Å². The molecule has 2 rings (SSSR count). The second-order valence-electron chi connectivity index (χ2n) is 6.08. The predicted octanol–water partition coefficient (Wildman–Crippen LogP) is 3.13. The first-order valence-corrected chi connectivity index (χ1v) is 7.65. The number of urea groups is 1. The van der Waals surface area contributed by atoms with Crippen LogP contribution in [0.25, 0.3) is 0 Å². The SMILES string of the molecule is Cc1c(NC(=O)N2CC(C(N)=O)CCC2C)cccc1C(F)(F)F. The van der Waals surface area contributed by atoms with Gasteiger partial charge in [-0.05, 0) is 44.4 Å². The van der Waals surface area contributed by atoms with Crippen molar-refractivity contribution in [1.82, 2.24) is 4.90 Å². The molecule has 8 heteroatoms. The van der Waals surface area contributed by atoms with E-state index in [4.69, 9.17) is 5.73 Å². The standard InChI is InChI=1S/C16H20F3N3O2/c1-9-6-7-11(14(20)23)8-22(9)15(24)21-13-5-3-4-12(10(13)2)16(17,18)19/h3-5,9,11H,6-8H2,1-2H3,(H2,20,23)(H,21,24). The summed E-state index contributed by atoms with van der Waals surface area (Å²) in [5.74, 6) is -0.912. The van der Waals surface area contributed by atoms with Crippen LogP contribution in [0.15, 0.2) is 18.2 Å². The molecule has 2 unspecified atom stereocenters. The molecule has 1 aromatic rings. The van der Waals surface area contributed by atoms with Gasteiger partial charge in [0.25, 0.3) is 0 Å². The molecule has 2 atom stereocenters. The number of halogens is 3. The quantitative estimate of drug-likeness (QED) is 0.866. The molecule has 3 N–H and O–H groups in total. The van der Waals surface area contributed by atoms with Gasteiger partial charge in [-0.1, -0.05) is 6.07 Å². The lowest BCUT2D eigenvalue weighted by molar-refractivity contribution is -0.138. The molecule has 132 valence electrons. The van der Waals surface area contributed by atoms with E-state index in [0.29, 0.717) is 12.8 Å². The maximum atomic E-state index is 12.9. The van der Waals surface area contributed by atoms with Crippen molar-refractivity contribution in [1.29, 1.82) is 0 Å². The number of likely N-dealkylation sites (tertiary alicyclic amines) is 1. The number of amides is 3. The number of nitrogens with two attached hydrogens (primary N) is 1. The highest BCUT2D eigenvalue weighted by Crippen LogP contribution is 2.34. The van der Waals surface area contributed by atoms with Gasteiger partial charge in [-0.2, -0.15) is 13.2 Å². The van der Waals surface area contributed by atoms with E-state index in [1.54, 1.807) is 0 Å². The fraction of sp³-hybridized carbons (Fsp3) is 0.500. The maximum Gasteiger partial charge on any atom is 0.416 e. The first-order chi connectivity index (χ1) is 11.1. The molecular formula is C16H20F3N3O2. The lowest BCUT2D eigenvalue weighted by Crippen LogP contribution is -2.50. The Balaban J connectivity index is 2.19. The Morgan fingerprint density at radius 1 is 1.29 bits per heavy atom. The highest BCUT2D eigenvalue weighted by molar-refractivity contribution is 5.91. The smallest absolute Gasteiger partial charge is 0.369 e. The molecule has 1 heterocycles. The molecule has 1 aromatic carbocycles. The predicted molar refractivity (Wildman–Crippen MR) is 83.3 cm³/mol. The summed E-state index contributed by atoms with van der Waals surface area (Å²) in [6, 6.07) is 2.99. The van der Waals surface area contributed by atoms with Crippen LogP contribution < -0.4 is 11.1 Å². The largest absolute Gasteiger partial charge is 0.416 e. The summed E-state index contributed by atoms with van der Waals surface area (Å²) >= 11 is 0. The van der Waals surface area contributed by atoms with Crippen molar-refractivity contribution in [3.05, 3.63) is 29.3 Å². The number of rotatable bonds is 2. The molecule has 0 bridgehead atoms. The average molecular weight is 343 g/mol.